The molecule has 2 aromatic rings. The van der Waals surface area contributed by atoms with Crippen LogP contribution in [0.1, 0.15) is 17.6 Å². The average molecular weight is 263 g/mol. The number of aromatic nitrogens is 2. The van der Waals surface area contributed by atoms with Gasteiger partial charge in [0.05, 0.1) is 23.4 Å². The van der Waals surface area contributed by atoms with Gasteiger partial charge in [-0.2, -0.15) is 0 Å². The third-order valence-electron chi connectivity index (χ3n) is 3.15. The van der Waals surface area contributed by atoms with E-state index in [1.807, 2.05) is 0 Å². The molecule has 0 saturated carbocycles. The standard InChI is InChI=1S/C13H17N3OS/c1-3-11-14-10-8-9(2)18-12(10)13(15-11)16-4-6-17-7-5-16/h8H,3-7H2,1-2H3. The van der Waals surface area contributed by atoms with Crippen LogP contribution in [0.25, 0.3) is 10.2 Å². The molecular formula is C13H17N3OS. The summed E-state index contributed by atoms with van der Waals surface area (Å²) < 4.78 is 6.63. The van der Waals surface area contributed by atoms with Gasteiger partial charge < -0.3 is 9.64 Å². The summed E-state index contributed by atoms with van der Waals surface area (Å²) in [6.45, 7) is 7.65. The molecule has 0 N–H and O–H groups in total. The lowest BCUT2D eigenvalue weighted by atomic mass is 10.3. The fourth-order valence-corrected chi connectivity index (χ4v) is 3.20. The highest BCUT2D eigenvalue weighted by Gasteiger charge is 2.18. The summed E-state index contributed by atoms with van der Waals surface area (Å²) in [7, 11) is 0. The maximum Gasteiger partial charge on any atom is 0.150 e. The maximum atomic E-state index is 5.41. The third kappa shape index (κ3) is 2.08. The topological polar surface area (TPSA) is 38.2 Å². The van der Waals surface area contributed by atoms with Crippen LogP contribution in [0.15, 0.2) is 6.07 Å². The second-order valence-electron chi connectivity index (χ2n) is 4.49. The quantitative estimate of drug-likeness (QED) is 0.834. The Bertz CT molecular complexity index is 561. The first kappa shape index (κ1) is 11.9. The monoisotopic (exact) mass is 263 g/mol. The van der Waals surface area contributed by atoms with Gasteiger partial charge >= 0.3 is 0 Å². The molecule has 0 amide bonds. The van der Waals surface area contributed by atoms with Crippen molar-refractivity contribution >= 4 is 27.4 Å². The lowest BCUT2D eigenvalue weighted by Gasteiger charge is -2.28. The van der Waals surface area contributed by atoms with Crippen molar-refractivity contribution in [3.05, 3.63) is 16.8 Å². The van der Waals surface area contributed by atoms with Crippen molar-refractivity contribution in [2.24, 2.45) is 0 Å². The number of thiophene rings is 1. The van der Waals surface area contributed by atoms with Gasteiger partial charge in [0.15, 0.2) is 5.82 Å². The molecule has 0 unspecified atom stereocenters. The van der Waals surface area contributed by atoms with Gasteiger partial charge in [-0.15, -0.1) is 11.3 Å². The number of fused-ring (bicyclic) bond motifs is 1. The van der Waals surface area contributed by atoms with Crippen LogP contribution in [0.4, 0.5) is 5.82 Å². The summed E-state index contributed by atoms with van der Waals surface area (Å²) in [4.78, 5) is 13.0. The molecule has 5 heteroatoms. The summed E-state index contributed by atoms with van der Waals surface area (Å²) in [5.74, 6) is 2.03. The van der Waals surface area contributed by atoms with E-state index in [2.05, 4.69) is 29.8 Å². The molecule has 1 aliphatic rings. The Kier molecular flexibility index (Phi) is 3.18. The predicted molar refractivity (Wildman–Crippen MR) is 74.6 cm³/mol. The molecule has 0 bridgehead atoms. The molecular weight excluding hydrogens is 246 g/mol. The third-order valence-corrected chi connectivity index (χ3v) is 4.19. The Hall–Kier alpha value is -1.20. The highest BCUT2D eigenvalue weighted by Crippen LogP contribution is 2.32. The Morgan fingerprint density at radius 1 is 1.33 bits per heavy atom. The van der Waals surface area contributed by atoms with E-state index in [4.69, 9.17) is 9.72 Å². The van der Waals surface area contributed by atoms with E-state index >= 15 is 0 Å². The van der Waals surface area contributed by atoms with Crippen LogP contribution in [0.3, 0.4) is 0 Å². The van der Waals surface area contributed by atoms with E-state index in [-0.39, 0.29) is 0 Å². The summed E-state index contributed by atoms with van der Waals surface area (Å²) >= 11 is 1.78. The number of hydrogen-bond acceptors (Lipinski definition) is 5. The van der Waals surface area contributed by atoms with E-state index in [0.717, 1.165) is 49.9 Å². The number of anilines is 1. The first-order valence-electron chi connectivity index (χ1n) is 6.37. The van der Waals surface area contributed by atoms with Gasteiger partial charge in [0.2, 0.25) is 0 Å². The van der Waals surface area contributed by atoms with E-state index in [0.29, 0.717) is 0 Å². The summed E-state index contributed by atoms with van der Waals surface area (Å²) in [5, 5.41) is 0. The minimum atomic E-state index is 0.789. The molecule has 0 radical (unpaired) electrons. The van der Waals surface area contributed by atoms with Crippen molar-refractivity contribution in [2.75, 3.05) is 31.2 Å². The van der Waals surface area contributed by atoms with Gasteiger partial charge in [-0.3, -0.25) is 0 Å². The van der Waals surface area contributed by atoms with Crippen LogP contribution in [0, 0.1) is 6.92 Å². The molecule has 0 aliphatic carbocycles. The molecule has 0 atom stereocenters. The van der Waals surface area contributed by atoms with Gasteiger partial charge in [0.25, 0.3) is 0 Å². The molecule has 1 saturated heterocycles. The molecule has 18 heavy (non-hydrogen) atoms. The number of ether oxygens (including phenoxy) is 1. The van der Waals surface area contributed by atoms with Crippen LogP contribution in [-0.4, -0.2) is 36.3 Å². The van der Waals surface area contributed by atoms with Crippen molar-refractivity contribution in [3.8, 4) is 0 Å². The van der Waals surface area contributed by atoms with Gasteiger partial charge in [-0.25, -0.2) is 9.97 Å². The molecule has 1 aliphatic heterocycles. The van der Waals surface area contributed by atoms with Crippen molar-refractivity contribution in [2.45, 2.75) is 20.3 Å². The fourth-order valence-electron chi connectivity index (χ4n) is 2.23. The Balaban J connectivity index is 2.12. The fraction of sp³-hybridized carbons (Fsp3) is 0.538. The first-order valence-corrected chi connectivity index (χ1v) is 7.19. The molecule has 2 aromatic heterocycles. The Morgan fingerprint density at radius 3 is 2.83 bits per heavy atom. The number of hydrogen-bond donors (Lipinski definition) is 0. The van der Waals surface area contributed by atoms with E-state index < -0.39 is 0 Å². The van der Waals surface area contributed by atoms with Gasteiger partial charge in [0, 0.05) is 24.4 Å². The molecule has 0 spiro atoms. The van der Waals surface area contributed by atoms with Crippen LogP contribution < -0.4 is 4.90 Å². The molecule has 1 fully saturated rings. The summed E-state index contributed by atoms with van der Waals surface area (Å²) in [6.07, 6.45) is 0.877. The molecule has 3 heterocycles. The lowest BCUT2D eigenvalue weighted by molar-refractivity contribution is 0.122. The zero-order valence-electron chi connectivity index (χ0n) is 10.8. The van der Waals surface area contributed by atoms with E-state index in [1.165, 1.54) is 9.58 Å². The molecule has 96 valence electrons. The highest BCUT2D eigenvalue weighted by molar-refractivity contribution is 7.19. The number of aryl methyl sites for hydroxylation is 2. The molecule has 4 nitrogen and oxygen atoms in total. The number of morpholine rings is 1. The van der Waals surface area contributed by atoms with Crippen LogP contribution in [-0.2, 0) is 11.2 Å². The number of rotatable bonds is 2. The van der Waals surface area contributed by atoms with Crippen molar-refractivity contribution in [1.82, 2.24) is 9.97 Å². The molecule has 3 rings (SSSR count). The lowest BCUT2D eigenvalue weighted by Crippen LogP contribution is -2.37. The second kappa shape index (κ2) is 4.82. The summed E-state index contributed by atoms with van der Waals surface area (Å²) in [5.41, 5.74) is 1.09. The Morgan fingerprint density at radius 2 is 2.11 bits per heavy atom. The van der Waals surface area contributed by atoms with Crippen LogP contribution in [0.2, 0.25) is 0 Å². The minimum absolute atomic E-state index is 0.789. The predicted octanol–water partition coefficient (Wildman–Crippen LogP) is 2.40. The Labute approximate surface area is 111 Å². The molecule has 0 aromatic carbocycles. The van der Waals surface area contributed by atoms with Crippen molar-refractivity contribution < 1.29 is 4.74 Å². The number of nitrogens with zero attached hydrogens (tertiary/aromatic N) is 3. The van der Waals surface area contributed by atoms with Crippen molar-refractivity contribution in [3.63, 3.8) is 0 Å². The van der Waals surface area contributed by atoms with Gasteiger partial charge in [0.1, 0.15) is 5.82 Å². The van der Waals surface area contributed by atoms with E-state index in [9.17, 15) is 0 Å². The van der Waals surface area contributed by atoms with Gasteiger partial charge in [-0.05, 0) is 13.0 Å². The minimum Gasteiger partial charge on any atom is -0.378 e. The second-order valence-corrected chi connectivity index (χ2v) is 5.74. The zero-order chi connectivity index (χ0) is 12.5. The van der Waals surface area contributed by atoms with E-state index in [1.54, 1.807) is 11.3 Å². The SMILES string of the molecule is CCc1nc(N2CCOCC2)c2sc(C)cc2n1. The normalized spacial score (nSPS) is 16.4. The van der Waals surface area contributed by atoms with Crippen molar-refractivity contribution in [1.29, 1.82) is 0 Å². The summed E-state index contributed by atoms with van der Waals surface area (Å²) in [6, 6.07) is 2.16. The van der Waals surface area contributed by atoms with Gasteiger partial charge in [-0.1, -0.05) is 6.92 Å². The van der Waals surface area contributed by atoms with Crippen LogP contribution in [0.5, 0.6) is 0 Å². The zero-order valence-corrected chi connectivity index (χ0v) is 11.6. The highest BCUT2D eigenvalue weighted by atomic mass is 32.1. The van der Waals surface area contributed by atoms with Crippen LogP contribution >= 0.6 is 11.3 Å². The maximum absolute atomic E-state index is 5.41. The largest absolute Gasteiger partial charge is 0.378 e. The average Bonchev–Trinajstić information content (AvgIpc) is 2.78. The first-order chi connectivity index (χ1) is 8.78. The smallest absolute Gasteiger partial charge is 0.150 e.